The fourth-order valence-electron chi connectivity index (χ4n) is 2.80. The van der Waals surface area contributed by atoms with Crippen LogP contribution in [-0.2, 0) is 11.3 Å². The van der Waals surface area contributed by atoms with E-state index in [-0.39, 0.29) is 12.3 Å². The number of nitro groups is 1. The van der Waals surface area contributed by atoms with Crippen LogP contribution < -0.4 is 5.32 Å². The Morgan fingerprint density at radius 1 is 1.27 bits per heavy atom. The molecule has 6 nitrogen and oxygen atoms in total. The van der Waals surface area contributed by atoms with Gasteiger partial charge in [0.05, 0.1) is 24.2 Å². The van der Waals surface area contributed by atoms with Crippen molar-refractivity contribution in [2.45, 2.75) is 51.2 Å². The summed E-state index contributed by atoms with van der Waals surface area (Å²) < 4.78 is 5.86. The molecule has 0 aromatic heterocycles. The number of hydrogen-bond donors (Lipinski definition) is 2. The topological polar surface area (TPSA) is 84.6 Å². The van der Waals surface area contributed by atoms with Gasteiger partial charge in [-0.15, -0.1) is 0 Å². The Morgan fingerprint density at radius 2 is 2.00 bits per heavy atom. The summed E-state index contributed by atoms with van der Waals surface area (Å²) in [5, 5.41) is 23.2. The fraction of sp³-hybridized carbons (Fsp3) is 0.625. The lowest BCUT2D eigenvalue weighted by molar-refractivity contribution is -0.384. The van der Waals surface area contributed by atoms with Gasteiger partial charge in [0, 0.05) is 12.6 Å². The van der Waals surface area contributed by atoms with Crippen LogP contribution in [0.15, 0.2) is 18.2 Å². The van der Waals surface area contributed by atoms with Crippen molar-refractivity contribution in [1.82, 2.24) is 0 Å². The summed E-state index contributed by atoms with van der Waals surface area (Å²) in [5.41, 5.74) is 1.10. The van der Waals surface area contributed by atoms with Gasteiger partial charge in [0.15, 0.2) is 0 Å². The summed E-state index contributed by atoms with van der Waals surface area (Å²) in [6.45, 7) is 0.919. The highest BCUT2D eigenvalue weighted by Crippen LogP contribution is 2.25. The molecule has 2 N–H and O–H groups in total. The second-order valence-corrected chi connectivity index (χ2v) is 5.68. The van der Waals surface area contributed by atoms with Crippen molar-refractivity contribution in [2.75, 3.05) is 18.5 Å². The number of nitrogens with zero attached hydrogens (tertiary/aromatic N) is 1. The number of aliphatic hydroxyl groups is 1. The average molecular weight is 308 g/mol. The normalized spacial score (nSPS) is 16.2. The molecule has 0 aliphatic heterocycles. The summed E-state index contributed by atoms with van der Waals surface area (Å²) in [5.74, 6) is 0. The lowest BCUT2D eigenvalue weighted by atomic mass is 10.1. The van der Waals surface area contributed by atoms with Crippen molar-refractivity contribution in [3.8, 4) is 0 Å². The first-order valence-electron chi connectivity index (χ1n) is 7.94. The van der Waals surface area contributed by atoms with E-state index in [0.29, 0.717) is 30.5 Å². The van der Waals surface area contributed by atoms with E-state index >= 15 is 0 Å². The quantitative estimate of drug-likeness (QED) is 0.349. The first-order valence-corrected chi connectivity index (χ1v) is 7.94. The van der Waals surface area contributed by atoms with Gasteiger partial charge in [-0.2, -0.15) is 0 Å². The van der Waals surface area contributed by atoms with Crippen LogP contribution in [0.4, 0.5) is 11.4 Å². The lowest BCUT2D eigenvalue weighted by Gasteiger charge is -2.16. The van der Waals surface area contributed by atoms with Crippen molar-refractivity contribution >= 4 is 11.4 Å². The molecule has 0 bridgehead atoms. The van der Waals surface area contributed by atoms with Gasteiger partial charge in [-0.25, -0.2) is 0 Å². The van der Waals surface area contributed by atoms with Crippen LogP contribution in [0.25, 0.3) is 0 Å². The van der Waals surface area contributed by atoms with Crippen molar-refractivity contribution in [1.29, 1.82) is 0 Å². The van der Waals surface area contributed by atoms with Crippen molar-refractivity contribution in [3.63, 3.8) is 0 Å². The van der Waals surface area contributed by atoms with Crippen LogP contribution in [-0.4, -0.2) is 29.3 Å². The fourth-order valence-corrected chi connectivity index (χ4v) is 2.80. The molecular formula is C16H24N2O4. The van der Waals surface area contributed by atoms with Gasteiger partial charge >= 0.3 is 0 Å². The number of nitrogens with one attached hydrogen (secondary N) is 1. The molecular weight excluding hydrogens is 284 g/mol. The molecule has 0 unspecified atom stereocenters. The minimum absolute atomic E-state index is 0.0201. The molecule has 0 spiro atoms. The lowest BCUT2D eigenvalue weighted by Crippen LogP contribution is -2.18. The van der Waals surface area contributed by atoms with Crippen molar-refractivity contribution in [2.24, 2.45) is 0 Å². The molecule has 0 radical (unpaired) electrons. The van der Waals surface area contributed by atoms with Crippen molar-refractivity contribution in [3.05, 3.63) is 33.9 Å². The minimum Gasteiger partial charge on any atom is -0.392 e. The van der Waals surface area contributed by atoms with E-state index in [4.69, 9.17) is 9.84 Å². The smallest absolute Gasteiger partial charge is 0.292 e. The number of nitro benzene ring substituents is 1. The van der Waals surface area contributed by atoms with Crippen LogP contribution >= 0.6 is 0 Å². The van der Waals surface area contributed by atoms with E-state index in [1.54, 1.807) is 12.1 Å². The number of aliphatic hydroxyl groups excluding tert-OH is 1. The van der Waals surface area contributed by atoms with Gasteiger partial charge in [0.25, 0.3) is 5.69 Å². The molecule has 1 aliphatic carbocycles. The number of hydrogen-bond acceptors (Lipinski definition) is 5. The molecule has 1 aliphatic rings. The van der Waals surface area contributed by atoms with E-state index < -0.39 is 4.92 Å². The minimum atomic E-state index is -0.421. The molecule has 122 valence electrons. The predicted molar refractivity (Wildman–Crippen MR) is 85.0 cm³/mol. The highest BCUT2D eigenvalue weighted by atomic mass is 16.6. The molecule has 0 saturated heterocycles. The van der Waals surface area contributed by atoms with E-state index in [9.17, 15) is 10.1 Å². The highest BCUT2D eigenvalue weighted by Gasteiger charge is 2.15. The molecule has 1 fully saturated rings. The molecule has 0 atom stereocenters. The van der Waals surface area contributed by atoms with Crippen LogP contribution in [0.1, 0.15) is 44.1 Å². The first kappa shape index (κ1) is 16.7. The Morgan fingerprint density at radius 3 is 2.64 bits per heavy atom. The maximum absolute atomic E-state index is 11.0. The molecule has 6 heteroatoms. The van der Waals surface area contributed by atoms with Gasteiger partial charge in [-0.05, 0) is 30.5 Å². The van der Waals surface area contributed by atoms with E-state index in [1.165, 1.54) is 31.7 Å². The SMILES string of the molecule is O=[N+]([O-])c1ccc(CO)cc1NCCOC1CCCCCC1. The predicted octanol–water partition coefficient (Wildman–Crippen LogP) is 3.24. The van der Waals surface area contributed by atoms with E-state index in [0.717, 1.165) is 12.8 Å². The summed E-state index contributed by atoms with van der Waals surface area (Å²) in [7, 11) is 0. The Kier molecular flexibility index (Phi) is 6.61. The molecule has 0 amide bonds. The van der Waals surface area contributed by atoms with Crippen molar-refractivity contribution < 1.29 is 14.8 Å². The highest BCUT2D eigenvalue weighted by molar-refractivity contribution is 5.62. The zero-order valence-corrected chi connectivity index (χ0v) is 12.8. The maximum Gasteiger partial charge on any atom is 0.292 e. The maximum atomic E-state index is 11.0. The number of anilines is 1. The largest absolute Gasteiger partial charge is 0.392 e. The summed E-state index contributed by atoms with van der Waals surface area (Å²) in [6.07, 6.45) is 7.57. The van der Waals surface area contributed by atoms with Crippen LogP contribution in [0.3, 0.4) is 0 Å². The van der Waals surface area contributed by atoms with Crippen LogP contribution in [0.2, 0.25) is 0 Å². The number of rotatable bonds is 7. The second-order valence-electron chi connectivity index (χ2n) is 5.68. The summed E-state index contributed by atoms with van der Waals surface area (Å²) in [4.78, 5) is 10.6. The zero-order chi connectivity index (χ0) is 15.8. The molecule has 1 aromatic carbocycles. The van der Waals surface area contributed by atoms with Gasteiger partial charge < -0.3 is 15.2 Å². The molecule has 0 heterocycles. The molecule has 22 heavy (non-hydrogen) atoms. The Hall–Kier alpha value is -1.66. The summed E-state index contributed by atoms with van der Waals surface area (Å²) in [6, 6.07) is 4.59. The molecule has 1 saturated carbocycles. The van der Waals surface area contributed by atoms with Crippen LogP contribution in [0.5, 0.6) is 0 Å². The van der Waals surface area contributed by atoms with Gasteiger partial charge in [0.1, 0.15) is 5.69 Å². The van der Waals surface area contributed by atoms with Gasteiger partial charge in [0.2, 0.25) is 0 Å². The first-order chi connectivity index (χ1) is 10.7. The van der Waals surface area contributed by atoms with E-state index in [2.05, 4.69) is 5.32 Å². The molecule has 2 rings (SSSR count). The molecule has 1 aromatic rings. The zero-order valence-electron chi connectivity index (χ0n) is 12.8. The Balaban J connectivity index is 1.83. The second kappa shape index (κ2) is 8.70. The third kappa shape index (κ3) is 4.96. The number of ether oxygens (including phenoxy) is 1. The Labute approximate surface area is 130 Å². The van der Waals surface area contributed by atoms with Gasteiger partial charge in [-0.3, -0.25) is 10.1 Å². The monoisotopic (exact) mass is 308 g/mol. The Bertz CT molecular complexity index is 485. The third-order valence-electron chi connectivity index (χ3n) is 4.01. The van der Waals surface area contributed by atoms with Gasteiger partial charge in [-0.1, -0.05) is 25.7 Å². The van der Waals surface area contributed by atoms with Crippen LogP contribution in [0, 0.1) is 10.1 Å². The number of benzene rings is 1. The standard InChI is InChI=1S/C16H24N2O4/c19-12-13-7-8-16(18(20)21)15(11-13)17-9-10-22-14-5-3-1-2-4-6-14/h7-8,11,14,17,19H,1-6,9-10,12H2. The third-order valence-corrected chi connectivity index (χ3v) is 4.01. The average Bonchev–Trinajstić information content (AvgIpc) is 2.80. The van der Waals surface area contributed by atoms with E-state index in [1.807, 2.05) is 0 Å². The summed E-state index contributed by atoms with van der Waals surface area (Å²) >= 11 is 0.